The van der Waals surface area contributed by atoms with Crippen LogP contribution in [0.3, 0.4) is 0 Å². The zero-order valence-electron chi connectivity index (χ0n) is 18.5. The van der Waals surface area contributed by atoms with Gasteiger partial charge in [-0.15, -0.1) is 0 Å². The van der Waals surface area contributed by atoms with E-state index in [0.29, 0.717) is 13.1 Å². The smallest absolute Gasteiger partial charge is 0.279 e. The van der Waals surface area contributed by atoms with Gasteiger partial charge in [0, 0.05) is 11.4 Å². The molecule has 2 aromatic rings. The number of benzene rings is 2. The highest BCUT2D eigenvalue weighted by Gasteiger charge is 2.26. The lowest BCUT2D eigenvalue weighted by Crippen LogP contribution is -3.28. The zero-order chi connectivity index (χ0) is 21.7. The Kier molecular flexibility index (Phi) is 7.24. The van der Waals surface area contributed by atoms with Crippen molar-refractivity contribution in [2.45, 2.75) is 27.7 Å². The van der Waals surface area contributed by atoms with Crippen molar-refractivity contribution in [1.29, 1.82) is 0 Å². The minimum atomic E-state index is 0.0473. The van der Waals surface area contributed by atoms with Crippen molar-refractivity contribution in [3.05, 3.63) is 58.7 Å². The summed E-state index contributed by atoms with van der Waals surface area (Å²) in [6, 6.07) is 12.1. The molecule has 0 saturated carbocycles. The number of amides is 2. The third-order valence-corrected chi connectivity index (χ3v) is 5.87. The summed E-state index contributed by atoms with van der Waals surface area (Å²) < 4.78 is 0. The predicted octanol–water partition coefficient (Wildman–Crippen LogP) is 0.281. The summed E-state index contributed by atoms with van der Waals surface area (Å²) >= 11 is 0. The molecule has 3 rings (SSSR count). The number of rotatable bonds is 6. The highest BCUT2D eigenvalue weighted by atomic mass is 16.2. The van der Waals surface area contributed by atoms with Gasteiger partial charge in [0.2, 0.25) is 0 Å². The molecule has 30 heavy (non-hydrogen) atoms. The molecule has 6 nitrogen and oxygen atoms in total. The van der Waals surface area contributed by atoms with Crippen molar-refractivity contribution < 1.29 is 19.4 Å². The first-order valence-corrected chi connectivity index (χ1v) is 10.7. The van der Waals surface area contributed by atoms with Gasteiger partial charge < -0.3 is 20.4 Å². The third kappa shape index (κ3) is 6.15. The number of aryl methyl sites for hydroxylation is 3. The molecule has 0 aliphatic carbocycles. The van der Waals surface area contributed by atoms with Crippen LogP contribution >= 0.6 is 0 Å². The fraction of sp³-hybridized carbons (Fsp3) is 0.417. The molecule has 1 aliphatic rings. The van der Waals surface area contributed by atoms with Crippen LogP contribution in [0.4, 0.5) is 11.4 Å². The van der Waals surface area contributed by atoms with Crippen LogP contribution < -0.4 is 20.4 Å². The van der Waals surface area contributed by atoms with Gasteiger partial charge in [0.05, 0.1) is 0 Å². The van der Waals surface area contributed by atoms with Crippen LogP contribution in [-0.4, -0.2) is 51.1 Å². The second kappa shape index (κ2) is 9.87. The van der Waals surface area contributed by atoms with E-state index >= 15 is 0 Å². The molecule has 0 atom stereocenters. The van der Waals surface area contributed by atoms with Gasteiger partial charge in [0.15, 0.2) is 13.1 Å². The van der Waals surface area contributed by atoms with Gasteiger partial charge in [-0.25, -0.2) is 0 Å². The Morgan fingerprint density at radius 1 is 0.800 bits per heavy atom. The fourth-order valence-electron chi connectivity index (χ4n) is 4.10. The molecular weight excluding hydrogens is 376 g/mol. The fourth-order valence-corrected chi connectivity index (χ4v) is 4.10. The van der Waals surface area contributed by atoms with Gasteiger partial charge in [-0.2, -0.15) is 0 Å². The minimum absolute atomic E-state index is 0.0473. The summed E-state index contributed by atoms with van der Waals surface area (Å²) in [5.74, 6) is 0.0980. The van der Waals surface area contributed by atoms with Crippen molar-refractivity contribution in [2.75, 3.05) is 49.9 Å². The van der Waals surface area contributed by atoms with E-state index in [0.717, 1.165) is 54.2 Å². The number of nitrogens with one attached hydrogen (secondary N) is 4. The lowest BCUT2D eigenvalue weighted by atomic mass is 10.1. The number of carbonyl (C=O) groups is 2. The van der Waals surface area contributed by atoms with E-state index in [1.165, 1.54) is 15.4 Å². The van der Waals surface area contributed by atoms with Gasteiger partial charge in [-0.3, -0.25) is 9.59 Å². The van der Waals surface area contributed by atoms with Crippen molar-refractivity contribution in [2.24, 2.45) is 0 Å². The maximum atomic E-state index is 12.5. The number of anilines is 2. The van der Waals surface area contributed by atoms with Crippen molar-refractivity contribution in [3.63, 3.8) is 0 Å². The van der Waals surface area contributed by atoms with Crippen LogP contribution in [0.1, 0.15) is 22.3 Å². The van der Waals surface area contributed by atoms with E-state index in [-0.39, 0.29) is 11.8 Å². The number of hydrogen-bond acceptors (Lipinski definition) is 2. The van der Waals surface area contributed by atoms with Gasteiger partial charge in [-0.1, -0.05) is 18.2 Å². The van der Waals surface area contributed by atoms with Crippen LogP contribution in [0.15, 0.2) is 36.4 Å². The first kappa shape index (κ1) is 22.0. The van der Waals surface area contributed by atoms with E-state index < -0.39 is 0 Å². The number of piperazine rings is 1. The second-order valence-electron chi connectivity index (χ2n) is 8.57. The van der Waals surface area contributed by atoms with Crippen LogP contribution in [0.5, 0.6) is 0 Å². The number of quaternary nitrogens is 2. The van der Waals surface area contributed by atoms with E-state index in [9.17, 15) is 9.59 Å². The molecule has 0 bridgehead atoms. The summed E-state index contributed by atoms with van der Waals surface area (Å²) in [7, 11) is 0. The van der Waals surface area contributed by atoms with Crippen molar-refractivity contribution in [1.82, 2.24) is 0 Å². The average molecular weight is 411 g/mol. The molecular formula is C24H34N4O2+2. The lowest BCUT2D eigenvalue weighted by molar-refractivity contribution is -1.00. The summed E-state index contributed by atoms with van der Waals surface area (Å²) in [5, 5.41) is 6.07. The molecule has 0 radical (unpaired) electrons. The molecule has 2 amide bonds. The lowest BCUT2D eigenvalue weighted by Gasteiger charge is -2.29. The van der Waals surface area contributed by atoms with E-state index in [1.807, 2.05) is 45.0 Å². The molecule has 1 fully saturated rings. The molecule has 1 aliphatic heterocycles. The molecule has 0 spiro atoms. The summed E-state index contributed by atoms with van der Waals surface area (Å²) in [6.45, 7) is 12.7. The number of carbonyl (C=O) groups excluding carboxylic acids is 2. The second-order valence-corrected chi connectivity index (χ2v) is 8.57. The molecule has 6 heteroatoms. The Morgan fingerprint density at radius 2 is 1.33 bits per heavy atom. The van der Waals surface area contributed by atoms with E-state index in [4.69, 9.17) is 0 Å². The summed E-state index contributed by atoms with van der Waals surface area (Å²) in [5.41, 5.74) is 6.35. The van der Waals surface area contributed by atoms with Crippen LogP contribution in [-0.2, 0) is 9.59 Å². The van der Waals surface area contributed by atoms with Crippen LogP contribution in [0.2, 0.25) is 0 Å². The highest BCUT2D eigenvalue weighted by Crippen LogP contribution is 2.17. The topological polar surface area (TPSA) is 67.1 Å². The highest BCUT2D eigenvalue weighted by molar-refractivity contribution is 5.92. The molecule has 0 aromatic heterocycles. The maximum absolute atomic E-state index is 12.5. The molecule has 1 heterocycles. The molecule has 160 valence electrons. The summed E-state index contributed by atoms with van der Waals surface area (Å²) in [6.07, 6.45) is 0. The SMILES string of the molecule is Cc1cc(C)cc(NC(=O)C[NH+]2CC[NH+](CC(=O)Nc3cccc(C)c3C)CC2)c1. The van der Waals surface area contributed by atoms with E-state index in [1.54, 1.807) is 0 Å². The van der Waals surface area contributed by atoms with Gasteiger partial charge in [0.25, 0.3) is 11.8 Å². The van der Waals surface area contributed by atoms with Crippen LogP contribution in [0, 0.1) is 27.7 Å². The van der Waals surface area contributed by atoms with E-state index in [2.05, 4.69) is 29.7 Å². The standard InChI is InChI=1S/C24H32N4O2/c1-17-12-18(2)14-21(13-17)25-23(29)15-27-8-10-28(11-9-27)16-24(30)26-22-7-5-6-19(3)20(22)4/h5-7,12-14H,8-11,15-16H2,1-4H3,(H,25,29)(H,26,30)/p+2. The Morgan fingerprint density at radius 3 is 1.90 bits per heavy atom. The monoisotopic (exact) mass is 410 g/mol. The largest absolute Gasteiger partial charge is 0.321 e. The Bertz CT molecular complexity index is 897. The van der Waals surface area contributed by atoms with Gasteiger partial charge in [0.1, 0.15) is 26.2 Å². The Balaban J connectivity index is 1.42. The molecule has 0 unspecified atom stereocenters. The van der Waals surface area contributed by atoms with Crippen molar-refractivity contribution in [3.8, 4) is 0 Å². The zero-order valence-corrected chi connectivity index (χ0v) is 18.5. The van der Waals surface area contributed by atoms with Crippen LogP contribution in [0.25, 0.3) is 0 Å². The number of hydrogen-bond donors (Lipinski definition) is 4. The Hall–Kier alpha value is -2.70. The maximum Gasteiger partial charge on any atom is 0.279 e. The Labute approximate surface area is 179 Å². The molecule has 4 N–H and O–H groups in total. The summed E-state index contributed by atoms with van der Waals surface area (Å²) in [4.78, 5) is 27.4. The first-order chi connectivity index (χ1) is 14.3. The average Bonchev–Trinajstić information content (AvgIpc) is 2.66. The van der Waals surface area contributed by atoms with Crippen molar-refractivity contribution >= 4 is 23.2 Å². The van der Waals surface area contributed by atoms with Gasteiger partial charge in [-0.05, 0) is 68.1 Å². The molecule has 1 saturated heterocycles. The third-order valence-electron chi connectivity index (χ3n) is 5.87. The minimum Gasteiger partial charge on any atom is -0.321 e. The normalized spacial score (nSPS) is 18.7. The first-order valence-electron chi connectivity index (χ1n) is 10.7. The predicted molar refractivity (Wildman–Crippen MR) is 120 cm³/mol. The quantitative estimate of drug-likeness (QED) is 0.553. The molecule has 2 aromatic carbocycles. The van der Waals surface area contributed by atoms with Gasteiger partial charge >= 0.3 is 0 Å².